The largest absolute Gasteiger partial charge is 0.353 e. The average molecular weight is 323 g/mol. The molecule has 0 spiro atoms. The van der Waals surface area contributed by atoms with Gasteiger partial charge in [0.1, 0.15) is 0 Å². The lowest BCUT2D eigenvalue weighted by molar-refractivity contribution is -0.122. The molecule has 1 atom stereocenters. The van der Waals surface area contributed by atoms with Crippen LogP contribution in [0.5, 0.6) is 0 Å². The Hall–Kier alpha value is -2.10. The molecule has 1 aromatic carbocycles. The predicted molar refractivity (Wildman–Crippen MR) is 93.8 cm³/mol. The lowest BCUT2D eigenvalue weighted by atomic mass is 9.90. The molecule has 4 heteroatoms. The van der Waals surface area contributed by atoms with Crippen LogP contribution in [-0.2, 0) is 11.2 Å². The van der Waals surface area contributed by atoms with Gasteiger partial charge in [-0.25, -0.2) is 0 Å². The third-order valence-electron chi connectivity index (χ3n) is 5.65. The minimum atomic E-state index is 0.222. The molecule has 1 amide bonds. The van der Waals surface area contributed by atoms with Crippen molar-refractivity contribution in [2.45, 2.75) is 62.9 Å². The van der Waals surface area contributed by atoms with Gasteiger partial charge in [-0.3, -0.25) is 9.48 Å². The number of nitrogens with one attached hydrogen (secondary N) is 1. The summed E-state index contributed by atoms with van der Waals surface area (Å²) in [5.41, 5.74) is 2.81. The van der Waals surface area contributed by atoms with Crippen molar-refractivity contribution in [3.8, 4) is 0 Å². The van der Waals surface area contributed by atoms with Crippen LogP contribution in [0.15, 0.2) is 42.7 Å². The van der Waals surface area contributed by atoms with Crippen molar-refractivity contribution in [1.82, 2.24) is 15.1 Å². The molecule has 1 fully saturated rings. The minimum Gasteiger partial charge on any atom is -0.353 e. The summed E-state index contributed by atoms with van der Waals surface area (Å²) in [5, 5.41) is 7.62. The first-order chi connectivity index (χ1) is 11.8. The van der Waals surface area contributed by atoms with E-state index in [9.17, 15) is 4.79 Å². The lowest BCUT2D eigenvalue weighted by Crippen LogP contribution is -2.38. The highest BCUT2D eigenvalue weighted by Crippen LogP contribution is 2.35. The van der Waals surface area contributed by atoms with Crippen LogP contribution in [0.4, 0.5) is 0 Å². The zero-order valence-electron chi connectivity index (χ0n) is 14.0. The molecule has 0 radical (unpaired) electrons. The fourth-order valence-corrected chi connectivity index (χ4v) is 4.35. The number of nitrogens with zero attached hydrogens (tertiary/aromatic N) is 2. The monoisotopic (exact) mass is 323 g/mol. The zero-order chi connectivity index (χ0) is 16.4. The Balaban J connectivity index is 1.27. The molecule has 2 aromatic rings. The summed E-state index contributed by atoms with van der Waals surface area (Å²) in [6.07, 6.45) is 11.0. The number of aromatic nitrogens is 2. The first-order valence-electron chi connectivity index (χ1n) is 9.16. The highest BCUT2D eigenvalue weighted by Gasteiger charge is 2.27. The van der Waals surface area contributed by atoms with Gasteiger partial charge in [-0.05, 0) is 61.6 Å². The third kappa shape index (κ3) is 3.23. The number of aryl methyl sites for hydroxylation is 1. The Morgan fingerprint density at radius 1 is 1.12 bits per heavy atom. The molecule has 0 aliphatic heterocycles. The molecule has 0 saturated heterocycles. The van der Waals surface area contributed by atoms with Crippen LogP contribution in [0, 0.1) is 0 Å². The Kier molecular flexibility index (Phi) is 4.37. The van der Waals surface area contributed by atoms with E-state index in [1.54, 1.807) is 0 Å². The number of benzene rings is 1. The van der Waals surface area contributed by atoms with E-state index in [0.29, 0.717) is 24.4 Å². The summed E-state index contributed by atoms with van der Waals surface area (Å²) < 4.78 is 2.06. The zero-order valence-corrected chi connectivity index (χ0v) is 14.0. The van der Waals surface area contributed by atoms with E-state index in [1.807, 2.05) is 18.5 Å². The van der Waals surface area contributed by atoms with Gasteiger partial charge in [0.25, 0.3) is 0 Å². The fraction of sp³-hybridized carbons (Fsp3) is 0.500. The van der Waals surface area contributed by atoms with E-state index in [0.717, 1.165) is 38.5 Å². The predicted octanol–water partition coefficient (Wildman–Crippen LogP) is 3.60. The van der Waals surface area contributed by atoms with Crippen molar-refractivity contribution < 1.29 is 4.79 Å². The van der Waals surface area contributed by atoms with E-state index >= 15 is 0 Å². The molecule has 0 bridgehead atoms. The van der Waals surface area contributed by atoms with Crippen molar-refractivity contribution in [1.29, 1.82) is 0 Å². The highest BCUT2D eigenvalue weighted by molar-refractivity contribution is 5.77. The molecular formula is C20H25N3O. The number of fused-ring (bicyclic) bond motifs is 1. The SMILES string of the molecule is O=C(CC1CCc2ccccc21)NC1CCC(n2cccn2)CC1. The standard InChI is InChI=1S/C20H25N3O/c24-20(14-16-7-6-15-4-1-2-5-19(15)16)22-17-8-10-18(11-9-17)23-13-3-12-21-23/h1-5,12-13,16-18H,6-11,14H2,(H,22,24). The Morgan fingerprint density at radius 2 is 1.96 bits per heavy atom. The maximum absolute atomic E-state index is 12.5. The second-order valence-corrected chi connectivity index (χ2v) is 7.20. The number of rotatable bonds is 4. The third-order valence-corrected chi connectivity index (χ3v) is 5.65. The summed E-state index contributed by atoms with van der Waals surface area (Å²) in [4.78, 5) is 12.5. The molecule has 1 heterocycles. The molecule has 1 N–H and O–H groups in total. The fourth-order valence-electron chi connectivity index (χ4n) is 4.35. The van der Waals surface area contributed by atoms with Crippen LogP contribution in [0.2, 0.25) is 0 Å². The summed E-state index contributed by atoms with van der Waals surface area (Å²) in [6, 6.07) is 11.4. The second-order valence-electron chi connectivity index (χ2n) is 7.20. The first-order valence-corrected chi connectivity index (χ1v) is 9.16. The van der Waals surface area contributed by atoms with E-state index in [2.05, 4.69) is 39.4 Å². The number of carbonyl (C=O) groups excluding carboxylic acids is 1. The van der Waals surface area contributed by atoms with Crippen molar-refractivity contribution in [3.63, 3.8) is 0 Å². The van der Waals surface area contributed by atoms with Crippen molar-refractivity contribution >= 4 is 5.91 Å². The quantitative estimate of drug-likeness (QED) is 0.934. The molecule has 1 saturated carbocycles. The number of carbonyl (C=O) groups is 1. The van der Waals surface area contributed by atoms with Crippen LogP contribution in [0.3, 0.4) is 0 Å². The van der Waals surface area contributed by atoms with Gasteiger partial charge in [-0.2, -0.15) is 5.10 Å². The molecular weight excluding hydrogens is 298 g/mol. The van der Waals surface area contributed by atoms with E-state index in [4.69, 9.17) is 0 Å². The lowest BCUT2D eigenvalue weighted by Gasteiger charge is -2.29. The summed E-state index contributed by atoms with van der Waals surface area (Å²) in [7, 11) is 0. The minimum absolute atomic E-state index is 0.222. The Morgan fingerprint density at radius 3 is 2.75 bits per heavy atom. The van der Waals surface area contributed by atoms with Crippen molar-refractivity contribution in [3.05, 3.63) is 53.9 Å². The summed E-state index contributed by atoms with van der Waals surface area (Å²) in [5.74, 6) is 0.626. The van der Waals surface area contributed by atoms with Gasteiger partial charge in [-0.15, -0.1) is 0 Å². The normalized spacial score (nSPS) is 26.1. The van der Waals surface area contributed by atoms with Crippen molar-refractivity contribution in [2.75, 3.05) is 0 Å². The van der Waals surface area contributed by atoms with Crippen LogP contribution >= 0.6 is 0 Å². The summed E-state index contributed by atoms with van der Waals surface area (Å²) >= 11 is 0. The van der Waals surface area contributed by atoms with Gasteiger partial charge < -0.3 is 5.32 Å². The van der Waals surface area contributed by atoms with Gasteiger partial charge in [-0.1, -0.05) is 24.3 Å². The topological polar surface area (TPSA) is 46.9 Å². The van der Waals surface area contributed by atoms with E-state index < -0.39 is 0 Å². The Bertz CT molecular complexity index is 687. The van der Waals surface area contributed by atoms with Crippen LogP contribution in [-0.4, -0.2) is 21.7 Å². The highest BCUT2D eigenvalue weighted by atomic mass is 16.1. The van der Waals surface area contributed by atoms with Gasteiger partial charge in [0.15, 0.2) is 0 Å². The second kappa shape index (κ2) is 6.80. The first kappa shape index (κ1) is 15.4. The molecule has 2 aliphatic carbocycles. The summed E-state index contributed by atoms with van der Waals surface area (Å²) in [6.45, 7) is 0. The van der Waals surface area contributed by atoms with Crippen LogP contribution < -0.4 is 5.32 Å². The number of amides is 1. The van der Waals surface area contributed by atoms with E-state index in [-0.39, 0.29) is 5.91 Å². The van der Waals surface area contributed by atoms with E-state index in [1.165, 1.54) is 11.1 Å². The van der Waals surface area contributed by atoms with Crippen LogP contribution in [0.1, 0.15) is 61.6 Å². The maximum Gasteiger partial charge on any atom is 0.220 e. The van der Waals surface area contributed by atoms with Gasteiger partial charge >= 0.3 is 0 Å². The Labute approximate surface area is 143 Å². The average Bonchev–Trinajstić information content (AvgIpc) is 3.26. The van der Waals surface area contributed by atoms with Crippen LogP contribution in [0.25, 0.3) is 0 Å². The molecule has 2 aliphatic rings. The van der Waals surface area contributed by atoms with Gasteiger partial charge in [0.2, 0.25) is 5.91 Å². The molecule has 24 heavy (non-hydrogen) atoms. The maximum atomic E-state index is 12.5. The van der Waals surface area contributed by atoms with Crippen molar-refractivity contribution in [2.24, 2.45) is 0 Å². The molecule has 1 unspecified atom stereocenters. The molecule has 4 nitrogen and oxygen atoms in total. The number of hydrogen-bond acceptors (Lipinski definition) is 2. The number of hydrogen-bond donors (Lipinski definition) is 1. The van der Waals surface area contributed by atoms with Gasteiger partial charge in [0, 0.05) is 24.9 Å². The van der Waals surface area contributed by atoms with Gasteiger partial charge in [0.05, 0.1) is 6.04 Å². The smallest absolute Gasteiger partial charge is 0.220 e. The molecule has 126 valence electrons. The molecule has 4 rings (SSSR count). The molecule has 1 aromatic heterocycles.